The summed E-state index contributed by atoms with van der Waals surface area (Å²) < 4.78 is 5.91. The summed E-state index contributed by atoms with van der Waals surface area (Å²) in [5.74, 6) is 0. The minimum Gasteiger partial charge on any atom is -0.443 e. The lowest BCUT2D eigenvalue weighted by atomic mass is 10.0. The van der Waals surface area contributed by atoms with Gasteiger partial charge in [-0.1, -0.05) is 27.7 Å². The molecular formula is C9H8Br2O2S. The molecule has 0 bridgehead atoms. The van der Waals surface area contributed by atoms with Gasteiger partial charge in [-0.25, -0.2) is 0 Å². The molecule has 0 radical (unpaired) electrons. The zero-order chi connectivity index (χ0) is 10.5. The van der Waals surface area contributed by atoms with Crippen LogP contribution in [0, 0.1) is 0 Å². The Morgan fingerprint density at radius 1 is 1.57 bits per heavy atom. The molecule has 0 N–H and O–H groups in total. The van der Waals surface area contributed by atoms with E-state index in [-0.39, 0.29) is 15.0 Å². The monoisotopic (exact) mass is 338 g/mol. The van der Waals surface area contributed by atoms with Crippen molar-refractivity contribution in [2.45, 2.75) is 28.5 Å². The van der Waals surface area contributed by atoms with Gasteiger partial charge in [-0.05, 0) is 29.8 Å². The highest BCUT2D eigenvalue weighted by molar-refractivity contribution is 9.10. The first-order valence-corrected chi connectivity index (χ1v) is 6.61. The second-order valence-corrected chi connectivity index (χ2v) is 7.01. The highest BCUT2D eigenvalue weighted by atomic mass is 79.9. The number of rotatable bonds is 0. The first kappa shape index (κ1) is 10.8. The Kier molecular flexibility index (Phi) is 2.60. The number of alkyl halides is 1. The third-order valence-corrected chi connectivity index (χ3v) is 5.69. The quantitative estimate of drug-likeness (QED) is 0.675. The van der Waals surface area contributed by atoms with Crippen molar-refractivity contribution in [3.63, 3.8) is 0 Å². The highest BCUT2D eigenvalue weighted by Crippen LogP contribution is 2.54. The molecule has 76 valence electrons. The Morgan fingerprint density at radius 2 is 2.21 bits per heavy atom. The second-order valence-electron chi connectivity index (χ2n) is 3.68. The molecule has 2 rings (SSSR count). The van der Waals surface area contributed by atoms with Gasteiger partial charge in [0.25, 0.3) is 0 Å². The van der Waals surface area contributed by atoms with E-state index in [4.69, 9.17) is 4.42 Å². The molecule has 0 amide bonds. The summed E-state index contributed by atoms with van der Waals surface area (Å²) in [6.07, 6.45) is 0. The van der Waals surface area contributed by atoms with Gasteiger partial charge in [-0.2, -0.15) is 0 Å². The number of fused-ring (bicyclic) bond motifs is 1. The smallest absolute Gasteiger partial charge is 0.191 e. The molecule has 0 fully saturated rings. The largest absolute Gasteiger partial charge is 0.443 e. The molecule has 0 spiro atoms. The van der Waals surface area contributed by atoms with Gasteiger partial charge in [0, 0.05) is 10.8 Å². The SMILES string of the molecule is CC1(C)Sc2oc(Br)cc(=O)c2C1Br. The van der Waals surface area contributed by atoms with Crippen molar-refractivity contribution >= 4 is 43.6 Å². The number of hydrogen-bond donors (Lipinski definition) is 0. The third kappa shape index (κ3) is 1.59. The van der Waals surface area contributed by atoms with Crippen molar-refractivity contribution < 1.29 is 4.42 Å². The van der Waals surface area contributed by atoms with Crippen molar-refractivity contribution in [1.82, 2.24) is 0 Å². The van der Waals surface area contributed by atoms with E-state index in [1.807, 2.05) is 0 Å². The second kappa shape index (κ2) is 3.39. The van der Waals surface area contributed by atoms with E-state index in [1.165, 1.54) is 6.07 Å². The summed E-state index contributed by atoms with van der Waals surface area (Å²) >= 11 is 8.30. The third-order valence-electron chi connectivity index (χ3n) is 2.14. The van der Waals surface area contributed by atoms with Gasteiger partial charge in [0.2, 0.25) is 0 Å². The standard InChI is InChI=1S/C9H8Br2O2S/c1-9(2)7(11)6-4(12)3-5(10)13-8(6)14-9/h3,7H,1-2H3. The van der Waals surface area contributed by atoms with Crippen LogP contribution in [0.2, 0.25) is 0 Å². The van der Waals surface area contributed by atoms with Crippen LogP contribution in [0.4, 0.5) is 0 Å². The Morgan fingerprint density at radius 3 is 2.86 bits per heavy atom. The van der Waals surface area contributed by atoms with Crippen LogP contribution in [-0.4, -0.2) is 4.75 Å². The molecule has 2 heterocycles. The fraction of sp³-hybridized carbons (Fsp3) is 0.444. The van der Waals surface area contributed by atoms with E-state index in [0.717, 1.165) is 10.7 Å². The first-order valence-electron chi connectivity index (χ1n) is 4.08. The van der Waals surface area contributed by atoms with E-state index in [2.05, 4.69) is 45.7 Å². The van der Waals surface area contributed by atoms with Crippen LogP contribution in [0.5, 0.6) is 0 Å². The summed E-state index contributed by atoms with van der Waals surface area (Å²) in [4.78, 5) is 11.8. The van der Waals surface area contributed by atoms with E-state index < -0.39 is 0 Å². The van der Waals surface area contributed by atoms with Gasteiger partial charge in [0.05, 0.1) is 10.4 Å². The summed E-state index contributed by atoms with van der Waals surface area (Å²) in [5.41, 5.74) is 0.765. The normalized spacial score (nSPS) is 23.6. The van der Waals surface area contributed by atoms with E-state index in [0.29, 0.717) is 4.67 Å². The molecule has 1 aromatic rings. The van der Waals surface area contributed by atoms with Crippen molar-refractivity contribution in [2.24, 2.45) is 0 Å². The minimum atomic E-state index is -0.0359. The molecule has 0 aromatic carbocycles. The van der Waals surface area contributed by atoms with Crippen molar-refractivity contribution in [2.75, 3.05) is 0 Å². The lowest BCUT2D eigenvalue weighted by molar-refractivity contribution is 0.425. The van der Waals surface area contributed by atoms with Crippen LogP contribution in [0.1, 0.15) is 24.2 Å². The van der Waals surface area contributed by atoms with E-state index in [1.54, 1.807) is 11.8 Å². The molecule has 0 saturated heterocycles. The molecule has 2 nitrogen and oxygen atoms in total. The molecule has 1 unspecified atom stereocenters. The molecule has 1 atom stereocenters. The molecule has 1 aliphatic rings. The summed E-state index contributed by atoms with van der Waals surface area (Å²) in [5, 5.41) is 0.719. The van der Waals surface area contributed by atoms with Crippen LogP contribution in [0.15, 0.2) is 25.0 Å². The average molecular weight is 340 g/mol. The Hall–Kier alpha value is 0.260. The molecule has 5 heteroatoms. The first-order chi connectivity index (χ1) is 6.42. The molecule has 0 aliphatic carbocycles. The van der Waals surface area contributed by atoms with Gasteiger partial charge < -0.3 is 4.42 Å². The van der Waals surface area contributed by atoms with Crippen LogP contribution in [0.3, 0.4) is 0 Å². The molecule has 1 aliphatic heterocycles. The van der Waals surface area contributed by atoms with Gasteiger partial charge in [-0.15, -0.1) is 0 Å². The van der Waals surface area contributed by atoms with Crippen LogP contribution in [-0.2, 0) is 0 Å². The maximum atomic E-state index is 11.7. The van der Waals surface area contributed by atoms with Gasteiger partial charge in [0.15, 0.2) is 15.2 Å². The predicted molar refractivity (Wildman–Crippen MR) is 64.3 cm³/mol. The maximum Gasteiger partial charge on any atom is 0.191 e. The van der Waals surface area contributed by atoms with E-state index in [9.17, 15) is 4.79 Å². The van der Waals surface area contributed by atoms with Crippen LogP contribution in [0.25, 0.3) is 0 Å². The topological polar surface area (TPSA) is 30.2 Å². The Bertz CT molecular complexity index is 439. The predicted octanol–water partition coefficient (Wildman–Crippen LogP) is 3.72. The molecule has 1 aromatic heterocycles. The lowest BCUT2D eigenvalue weighted by Gasteiger charge is -2.19. The van der Waals surface area contributed by atoms with E-state index >= 15 is 0 Å². The maximum absolute atomic E-state index is 11.7. The Balaban J connectivity index is 2.66. The highest BCUT2D eigenvalue weighted by Gasteiger charge is 2.42. The van der Waals surface area contributed by atoms with Crippen molar-refractivity contribution in [3.8, 4) is 0 Å². The molecule has 0 saturated carbocycles. The number of halogens is 2. The number of thioether (sulfide) groups is 1. The Labute approximate surface area is 103 Å². The summed E-state index contributed by atoms with van der Waals surface area (Å²) in [6.45, 7) is 4.17. The van der Waals surface area contributed by atoms with Gasteiger partial charge >= 0.3 is 0 Å². The van der Waals surface area contributed by atoms with Crippen LogP contribution >= 0.6 is 43.6 Å². The molecular weight excluding hydrogens is 332 g/mol. The van der Waals surface area contributed by atoms with Crippen LogP contribution < -0.4 is 5.43 Å². The minimum absolute atomic E-state index is 0.0260. The summed E-state index contributed by atoms with van der Waals surface area (Å²) in [7, 11) is 0. The fourth-order valence-electron chi connectivity index (χ4n) is 1.40. The van der Waals surface area contributed by atoms with Crippen molar-refractivity contribution in [3.05, 3.63) is 26.5 Å². The summed E-state index contributed by atoms with van der Waals surface area (Å²) in [6, 6.07) is 1.47. The molecule has 14 heavy (non-hydrogen) atoms. The lowest BCUT2D eigenvalue weighted by Crippen LogP contribution is -2.19. The fourth-order valence-corrected chi connectivity index (χ4v) is 3.90. The van der Waals surface area contributed by atoms with Gasteiger partial charge in [0.1, 0.15) is 0 Å². The number of hydrogen-bond acceptors (Lipinski definition) is 3. The average Bonchev–Trinajstić information content (AvgIpc) is 2.21. The zero-order valence-electron chi connectivity index (χ0n) is 7.64. The van der Waals surface area contributed by atoms with Crippen molar-refractivity contribution in [1.29, 1.82) is 0 Å². The van der Waals surface area contributed by atoms with Gasteiger partial charge in [-0.3, -0.25) is 4.79 Å². The zero-order valence-corrected chi connectivity index (χ0v) is 11.6.